The summed E-state index contributed by atoms with van der Waals surface area (Å²) in [6.45, 7) is 4.43. The fraction of sp³-hybridized carbons (Fsp3) is 0.308. The number of aromatic nitrogens is 2. The van der Waals surface area contributed by atoms with Crippen molar-refractivity contribution in [3.8, 4) is 5.75 Å². The molecule has 0 aliphatic heterocycles. The van der Waals surface area contributed by atoms with Crippen LogP contribution in [0.15, 0.2) is 29.4 Å². The van der Waals surface area contributed by atoms with Gasteiger partial charge in [-0.1, -0.05) is 30.8 Å². The van der Waals surface area contributed by atoms with Crippen molar-refractivity contribution in [3.63, 3.8) is 0 Å². The number of carbonyl (C=O) groups is 1. The van der Waals surface area contributed by atoms with Gasteiger partial charge in [-0.05, 0) is 24.8 Å². The summed E-state index contributed by atoms with van der Waals surface area (Å²) in [5, 5.41) is 3.93. The van der Waals surface area contributed by atoms with Gasteiger partial charge in [0, 0.05) is 11.5 Å². The molecule has 0 saturated heterocycles. The van der Waals surface area contributed by atoms with Crippen LogP contribution in [0.4, 0.5) is 5.13 Å². The maximum Gasteiger partial charge on any atom is 0.261 e. The van der Waals surface area contributed by atoms with Crippen LogP contribution in [0.2, 0.25) is 0 Å². The Morgan fingerprint density at radius 3 is 2.95 bits per heavy atom. The molecule has 0 bridgehead atoms. The van der Waals surface area contributed by atoms with E-state index in [9.17, 15) is 4.79 Å². The Kier molecular flexibility index (Phi) is 5.37. The van der Waals surface area contributed by atoms with Crippen LogP contribution < -0.4 is 10.1 Å². The highest BCUT2D eigenvalue weighted by Crippen LogP contribution is 2.22. The molecule has 20 heavy (non-hydrogen) atoms. The van der Waals surface area contributed by atoms with Crippen molar-refractivity contribution in [3.05, 3.63) is 29.8 Å². The lowest BCUT2D eigenvalue weighted by atomic mass is 10.2. The van der Waals surface area contributed by atoms with Gasteiger partial charge in [0.15, 0.2) is 0 Å². The molecular weight excluding hydrogens is 294 g/mol. The lowest BCUT2D eigenvalue weighted by Crippen LogP contribution is -2.13. The monoisotopic (exact) mass is 309 g/mol. The molecule has 0 aliphatic rings. The molecule has 5 nitrogen and oxygen atoms in total. The first kappa shape index (κ1) is 14.8. The van der Waals surface area contributed by atoms with Crippen molar-refractivity contribution in [1.82, 2.24) is 9.36 Å². The molecular formula is C13H15N3O2S2. The number of ether oxygens (including phenoxy) is 1. The number of anilines is 1. The van der Waals surface area contributed by atoms with Gasteiger partial charge < -0.3 is 4.74 Å². The van der Waals surface area contributed by atoms with Gasteiger partial charge >= 0.3 is 0 Å². The summed E-state index contributed by atoms with van der Waals surface area (Å²) in [6, 6.07) is 7.14. The van der Waals surface area contributed by atoms with Crippen LogP contribution in [0.1, 0.15) is 24.2 Å². The highest BCUT2D eigenvalue weighted by Gasteiger charge is 2.14. The molecule has 2 rings (SSSR count). The van der Waals surface area contributed by atoms with Crippen molar-refractivity contribution >= 4 is 34.3 Å². The summed E-state index contributed by atoms with van der Waals surface area (Å²) < 4.78 is 9.60. The van der Waals surface area contributed by atoms with Gasteiger partial charge in [-0.3, -0.25) is 10.1 Å². The van der Waals surface area contributed by atoms with Crippen molar-refractivity contribution in [2.24, 2.45) is 0 Å². The van der Waals surface area contributed by atoms with Gasteiger partial charge in [-0.15, -0.1) is 0 Å². The van der Waals surface area contributed by atoms with E-state index in [4.69, 9.17) is 4.74 Å². The van der Waals surface area contributed by atoms with Crippen LogP contribution in [0.5, 0.6) is 5.75 Å². The second-order valence-corrected chi connectivity index (χ2v) is 5.68. The Hall–Kier alpha value is -1.60. The predicted molar refractivity (Wildman–Crippen MR) is 81.9 cm³/mol. The number of benzene rings is 1. The van der Waals surface area contributed by atoms with E-state index in [2.05, 4.69) is 14.7 Å². The summed E-state index contributed by atoms with van der Waals surface area (Å²) in [5.74, 6) is 1.23. The van der Waals surface area contributed by atoms with Crippen molar-refractivity contribution < 1.29 is 9.53 Å². The zero-order chi connectivity index (χ0) is 14.4. The molecule has 0 spiro atoms. The minimum atomic E-state index is -0.238. The minimum absolute atomic E-state index is 0.238. The second kappa shape index (κ2) is 7.25. The summed E-state index contributed by atoms with van der Waals surface area (Å²) in [7, 11) is 0. The molecule has 2 aromatic rings. The van der Waals surface area contributed by atoms with E-state index in [0.29, 0.717) is 28.2 Å². The molecule has 7 heteroatoms. The molecule has 1 aromatic carbocycles. The quantitative estimate of drug-likeness (QED) is 0.829. The predicted octanol–water partition coefficient (Wildman–Crippen LogP) is 3.30. The summed E-state index contributed by atoms with van der Waals surface area (Å²) in [4.78, 5) is 16.5. The maximum atomic E-state index is 12.2. The number of nitrogens with one attached hydrogen (secondary N) is 1. The first-order valence-electron chi connectivity index (χ1n) is 6.24. The number of nitrogens with zero attached hydrogens (tertiary/aromatic N) is 2. The average Bonchev–Trinajstić information content (AvgIpc) is 2.87. The van der Waals surface area contributed by atoms with Crippen LogP contribution in [-0.2, 0) is 0 Å². The molecule has 1 aromatic heterocycles. The standard InChI is InChI=1S/C13H15N3O2S2/c1-3-18-10-8-6-5-7-9(10)11(17)14-12-15-13(16-20-12)19-4-2/h5-8H,3-4H2,1-2H3,(H,14,15,16,17). The average molecular weight is 309 g/mol. The molecule has 0 unspecified atom stereocenters. The highest BCUT2D eigenvalue weighted by atomic mass is 32.2. The smallest absolute Gasteiger partial charge is 0.261 e. The topological polar surface area (TPSA) is 64.1 Å². The van der Waals surface area contributed by atoms with Crippen LogP contribution >= 0.6 is 23.3 Å². The van der Waals surface area contributed by atoms with E-state index >= 15 is 0 Å². The van der Waals surface area contributed by atoms with Gasteiger partial charge in [0.2, 0.25) is 10.3 Å². The molecule has 0 atom stereocenters. The Labute approximate surface area is 125 Å². The minimum Gasteiger partial charge on any atom is -0.493 e. The van der Waals surface area contributed by atoms with Crippen LogP contribution in [-0.4, -0.2) is 27.6 Å². The summed E-state index contributed by atoms with van der Waals surface area (Å²) in [5.41, 5.74) is 0.495. The zero-order valence-corrected chi connectivity index (χ0v) is 12.9. The number of para-hydroxylation sites is 1. The maximum absolute atomic E-state index is 12.2. The first-order valence-corrected chi connectivity index (χ1v) is 8.00. The van der Waals surface area contributed by atoms with E-state index < -0.39 is 0 Å². The Morgan fingerprint density at radius 2 is 2.20 bits per heavy atom. The van der Waals surface area contributed by atoms with E-state index in [1.165, 1.54) is 11.5 Å². The molecule has 0 radical (unpaired) electrons. The number of hydrogen-bond acceptors (Lipinski definition) is 6. The molecule has 0 saturated carbocycles. The van der Waals surface area contributed by atoms with Gasteiger partial charge in [0.25, 0.3) is 5.91 Å². The third kappa shape index (κ3) is 3.71. The van der Waals surface area contributed by atoms with Gasteiger partial charge in [0.1, 0.15) is 5.75 Å². The lowest BCUT2D eigenvalue weighted by Gasteiger charge is -2.08. The van der Waals surface area contributed by atoms with E-state index in [1.54, 1.807) is 30.0 Å². The summed E-state index contributed by atoms with van der Waals surface area (Å²) in [6.07, 6.45) is 0. The molecule has 1 N–H and O–H groups in total. The normalized spacial score (nSPS) is 10.3. The largest absolute Gasteiger partial charge is 0.493 e. The van der Waals surface area contributed by atoms with Crippen molar-refractivity contribution in [2.75, 3.05) is 17.7 Å². The first-order chi connectivity index (χ1) is 9.74. The van der Waals surface area contributed by atoms with Gasteiger partial charge in [-0.2, -0.15) is 9.36 Å². The Balaban J connectivity index is 2.11. The lowest BCUT2D eigenvalue weighted by molar-refractivity contribution is 0.102. The summed E-state index contributed by atoms with van der Waals surface area (Å²) >= 11 is 2.72. The Bertz CT molecular complexity index is 587. The number of rotatable bonds is 6. The van der Waals surface area contributed by atoms with Gasteiger partial charge in [-0.25, -0.2) is 0 Å². The SMILES string of the molecule is CCOc1ccccc1C(=O)Nc1nc(SCC)ns1. The van der Waals surface area contributed by atoms with E-state index in [-0.39, 0.29) is 5.91 Å². The van der Waals surface area contributed by atoms with E-state index in [0.717, 1.165) is 5.75 Å². The van der Waals surface area contributed by atoms with Gasteiger partial charge in [0.05, 0.1) is 12.2 Å². The van der Waals surface area contributed by atoms with Crippen LogP contribution in [0.25, 0.3) is 0 Å². The second-order valence-electron chi connectivity index (χ2n) is 3.70. The number of hydrogen-bond donors (Lipinski definition) is 1. The zero-order valence-electron chi connectivity index (χ0n) is 11.3. The number of amides is 1. The fourth-order valence-electron chi connectivity index (χ4n) is 1.55. The van der Waals surface area contributed by atoms with Crippen molar-refractivity contribution in [1.29, 1.82) is 0 Å². The molecule has 106 valence electrons. The van der Waals surface area contributed by atoms with Crippen LogP contribution in [0.3, 0.4) is 0 Å². The third-order valence-electron chi connectivity index (χ3n) is 2.33. The van der Waals surface area contributed by atoms with Crippen molar-refractivity contribution in [2.45, 2.75) is 19.0 Å². The molecule has 0 fully saturated rings. The Morgan fingerprint density at radius 1 is 1.40 bits per heavy atom. The highest BCUT2D eigenvalue weighted by molar-refractivity contribution is 7.99. The molecule has 1 heterocycles. The number of carbonyl (C=O) groups excluding carboxylic acids is 1. The third-order valence-corrected chi connectivity index (χ3v) is 3.81. The van der Waals surface area contributed by atoms with E-state index in [1.807, 2.05) is 19.9 Å². The molecule has 0 aliphatic carbocycles. The fourth-order valence-corrected chi connectivity index (χ4v) is 2.81. The van der Waals surface area contributed by atoms with Crippen LogP contribution in [0, 0.1) is 0 Å². The molecule has 1 amide bonds. The number of thioether (sulfide) groups is 1.